The number of hydrogen-bond acceptors (Lipinski definition) is 4. The van der Waals surface area contributed by atoms with E-state index < -0.39 is 0 Å². The Morgan fingerprint density at radius 1 is 1.23 bits per heavy atom. The molecule has 1 aromatic heterocycles. The molecule has 2 atom stereocenters. The number of carbonyl (C=O) groups is 2. The molecule has 4 heteroatoms. The summed E-state index contributed by atoms with van der Waals surface area (Å²) in [6.45, 7) is 19.0. The number of nitrogens with zero attached hydrogens (tertiary/aromatic N) is 1. The molecule has 0 aliphatic heterocycles. The van der Waals surface area contributed by atoms with Gasteiger partial charge < -0.3 is 4.79 Å². The van der Waals surface area contributed by atoms with E-state index in [4.69, 9.17) is 4.99 Å². The molecule has 0 fully saturated rings. The number of hydrogen-bond donors (Lipinski definition) is 0. The van der Waals surface area contributed by atoms with Gasteiger partial charge in [-0.1, -0.05) is 54.5 Å². The molecule has 0 saturated heterocycles. The zero-order valence-corrected chi connectivity index (χ0v) is 21.2. The average molecular weight is 442 g/mol. The summed E-state index contributed by atoms with van der Waals surface area (Å²) in [6.07, 6.45) is 4.52. The Balaban J connectivity index is 2.69. The standard InChI is InChI=1S/C27H39NO2S/c1-9-11-20(16-19(5)29)25(17(3)10-2)28-26-18(4)12-13-21(30)24(26)22-14-15-23(31-22)27(6,7)8/h14-15,17,20H,4,9-13,16H2,1-3,5-8H3. The van der Waals surface area contributed by atoms with Crippen LogP contribution in [-0.4, -0.2) is 17.3 Å². The maximum absolute atomic E-state index is 13.1. The SMILES string of the molecule is C=C1CCC(=O)C(c2ccc(C(C)(C)C)s2)=C1N=C(C(C)CC)C(CCC)CC(C)=O. The van der Waals surface area contributed by atoms with Crippen LogP contribution in [0.5, 0.6) is 0 Å². The highest BCUT2D eigenvalue weighted by Gasteiger charge is 2.29. The van der Waals surface area contributed by atoms with Crippen LogP contribution in [0.2, 0.25) is 0 Å². The molecule has 3 nitrogen and oxygen atoms in total. The van der Waals surface area contributed by atoms with Crippen molar-refractivity contribution in [2.24, 2.45) is 16.8 Å². The molecule has 2 unspecified atom stereocenters. The van der Waals surface area contributed by atoms with E-state index in [1.165, 1.54) is 4.88 Å². The number of rotatable bonds is 9. The zero-order chi connectivity index (χ0) is 23.3. The Bertz CT molecular complexity index is 895. The zero-order valence-electron chi connectivity index (χ0n) is 20.4. The topological polar surface area (TPSA) is 46.5 Å². The van der Waals surface area contributed by atoms with Gasteiger partial charge in [0.25, 0.3) is 0 Å². The molecule has 0 saturated carbocycles. The van der Waals surface area contributed by atoms with E-state index in [0.29, 0.717) is 19.3 Å². The Kier molecular flexibility index (Phi) is 8.76. The predicted octanol–water partition coefficient (Wildman–Crippen LogP) is 7.56. The second-order valence-corrected chi connectivity index (χ2v) is 11.0. The molecule has 31 heavy (non-hydrogen) atoms. The number of ketones is 2. The van der Waals surface area contributed by atoms with E-state index in [1.54, 1.807) is 18.3 Å². The van der Waals surface area contributed by atoms with Crippen molar-refractivity contribution < 1.29 is 9.59 Å². The first-order chi connectivity index (χ1) is 14.5. The molecule has 0 aromatic carbocycles. The molecule has 1 aromatic rings. The Morgan fingerprint density at radius 2 is 1.90 bits per heavy atom. The van der Waals surface area contributed by atoms with Gasteiger partial charge in [-0.05, 0) is 55.2 Å². The van der Waals surface area contributed by atoms with Gasteiger partial charge in [0.2, 0.25) is 0 Å². The van der Waals surface area contributed by atoms with Crippen LogP contribution in [0.1, 0.15) is 96.7 Å². The number of thiophene rings is 1. The molecule has 1 aliphatic rings. The largest absolute Gasteiger partial charge is 0.300 e. The van der Waals surface area contributed by atoms with Crippen LogP contribution < -0.4 is 0 Å². The average Bonchev–Trinajstić information content (AvgIpc) is 3.17. The fourth-order valence-electron chi connectivity index (χ4n) is 4.07. The summed E-state index contributed by atoms with van der Waals surface area (Å²) < 4.78 is 0. The van der Waals surface area contributed by atoms with E-state index in [-0.39, 0.29) is 28.8 Å². The van der Waals surface area contributed by atoms with E-state index >= 15 is 0 Å². The first kappa shape index (κ1) is 25.5. The Hall–Kier alpha value is -1.81. The molecule has 0 N–H and O–H groups in total. The van der Waals surface area contributed by atoms with Gasteiger partial charge in [0.1, 0.15) is 5.78 Å². The Labute approximate surface area is 192 Å². The third-order valence-electron chi connectivity index (χ3n) is 6.04. The third-order valence-corrected chi connectivity index (χ3v) is 7.57. The molecule has 1 heterocycles. The number of allylic oxidation sites excluding steroid dienone is 2. The fourth-order valence-corrected chi connectivity index (χ4v) is 5.20. The monoisotopic (exact) mass is 441 g/mol. The molecule has 0 amide bonds. The van der Waals surface area contributed by atoms with Crippen LogP contribution in [0.4, 0.5) is 0 Å². The minimum Gasteiger partial charge on any atom is -0.300 e. The van der Waals surface area contributed by atoms with Crippen LogP contribution in [0.25, 0.3) is 5.57 Å². The highest BCUT2D eigenvalue weighted by molar-refractivity contribution is 7.13. The van der Waals surface area contributed by atoms with Crippen LogP contribution in [0, 0.1) is 11.8 Å². The second kappa shape index (κ2) is 10.7. The van der Waals surface area contributed by atoms with Crippen LogP contribution in [-0.2, 0) is 15.0 Å². The number of aliphatic imine (C=N–C) groups is 1. The lowest BCUT2D eigenvalue weighted by atomic mass is 9.84. The normalized spacial score (nSPS) is 17.8. The van der Waals surface area contributed by atoms with Crippen molar-refractivity contribution in [2.45, 2.75) is 92.4 Å². The maximum atomic E-state index is 13.1. The minimum absolute atomic E-state index is 0.0389. The van der Waals surface area contributed by atoms with Crippen molar-refractivity contribution in [2.75, 3.05) is 0 Å². The molecule has 170 valence electrons. The minimum atomic E-state index is 0.0389. The summed E-state index contributed by atoms with van der Waals surface area (Å²) in [6, 6.07) is 4.19. The summed E-state index contributed by atoms with van der Waals surface area (Å²) in [7, 11) is 0. The van der Waals surface area contributed by atoms with Gasteiger partial charge in [0.05, 0.1) is 11.3 Å². The van der Waals surface area contributed by atoms with E-state index in [0.717, 1.165) is 46.7 Å². The smallest absolute Gasteiger partial charge is 0.166 e. The van der Waals surface area contributed by atoms with Crippen molar-refractivity contribution >= 4 is 34.2 Å². The van der Waals surface area contributed by atoms with Gasteiger partial charge in [-0.25, -0.2) is 0 Å². The molecule has 0 spiro atoms. The summed E-state index contributed by atoms with van der Waals surface area (Å²) in [4.78, 5) is 32.5. The summed E-state index contributed by atoms with van der Waals surface area (Å²) in [5.41, 5.74) is 3.49. The van der Waals surface area contributed by atoms with E-state index in [9.17, 15) is 9.59 Å². The molecule has 0 radical (unpaired) electrons. The first-order valence-corrected chi connectivity index (χ1v) is 12.4. The highest BCUT2D eigenvalue weighted by Crippen LogP contribution is 2.40. The van der Waals surface area contributed by atoms with E-state index in [2.05, 4.69) is 60.3 Å². The van der Waals surface area contributed by atoms with Crippen LogP contribution in [0.3, 0.4) is 0 Å². The molecule has 1 aliphatic carbocycles. The Morgan fingerprint density at radius 3 is 2.42 bits per heavy atom. The predicted molar refractivity (Wildman–Crippen MR) is 134 cm³/mol. The van der Waals surface area contributed by atoms with Crippen LogP contribution in [0.15, 0.2) is 35.0 Å². The lowest BCUT2D eigenvalue weighted by Crippen LogP contribution is -2.25. The molecular weight excluding hydrogens is 402 g/mol. The van der Waals surface area contributed by atoms with Gasteiger partial charge in [-0.3, -0.25) is 9.79 Å². The third kappa shape index (κ3) is 6.35. The van der Waals surface area contributed by atoms with Gasteiger partial charge in [-0.2, -0.15) is 0 Å². The second-order valence-electron chi connectivity index (χ2n) is 9.90. The van der Waals surface area contributed by atoms with Crippen LogP contribution >= 0.6 is 11.3 Å². The summed E-state index contributed by atoms with van der Waals surface area (Å²) in [5.74, 6) is 0.707. The van der Waals surface area contributed by atoms with Crippen molar-refractivity contribution in [3.63, 3.8) is 0 Å². The molecule has 0 bridgehead atoms. The van der Waals surface area contributed by atoms with Gasteiger partial charge in [0.15, 0.2) is 5.78 Å². The summed E-state index contributed by atoms with van der Waals surface area (Å²) >= 11 is 1.68. The van der Waals surface area contributed by atoms with Crippen molar-refractivity contribution in [1.82, 2.24) is 0 Å². The summed E-state index contributed by atoms with van der Waals surface area (Å²) in [5, 5.41) is 0. The van der Waals surface area contributed by atoms with Gasteiger partial charge in [0, 0.05) is 34.2 Å². The highest BCUT2D eigenvalue weighted by atomic mass is 32.1. The quantitative estimate of drug-likeness (QED) is 0.371. The van der Waals surface area contributed by atoms with E-state index in [1.807, 2.05) is 0 Å². The van der Waals surface area contributed by atoms with Crippen molar-refractivity contribution in [3.8, 4) is 0 Å². The lowest BCUT2D eigenvalue weighted by Gasteiger charge is -2.25. The van der Waals surface area contributed by atoms with Gasteiger partial charge in [-0.15, -0.1) is 11.3 Å². The maximum Gasteiger partial charge on any atom is 0.166 e. The van der Waals surface area contributed by atoms with Gasteiger partial charge >= 0.3 is 0 Å². The molecule has 2 rings (SSSR count). The lowest BCUT2D eigenvalue weighted by molar-refractivity contribution is -0.117. The fraction of sp³-hybridized carbons (Fsp3) is 0.593. The first-order valence-electron chi connectivity index (χ1n) is 11.6. The van der Waals surface area contributed by atoms with Crippen molar-refractivity contribution in [3.05, 3.63) is 39.7 Å². The number of carbonyl (C=O) groups excluding carboxylic acids is 2. The number of Topliss-reactive ketones (excluding diaryl/α,β-unsaturated/α-hetero) is 2. The molecular formula is C27H39NO2S. The van der Waals surface area contributed by atoms with Crippen molar-refractivity contribution in [1.29, 1.82) is 0 Å².